The lowest BCUT2D eigenvalue weighted by Crippen LogP contribution is -2.27. The molecule has 1 saturated carbocycles. The summed E-state index contributed by atoms with van der Waals surface area (Å²) in [7, 11) is 0. The van der Waals surface area contributed by atoms with Crippen molar-refractivity contribution in [2.45, 2.75) is 71.3 Å². The van der Waals surface area contributed by atoms with E-state index in [-0.39, 0.29) is 0 Å². The SMILES string of the molecule is CCCCN(CC)CCCOC1CCCCC1. The maximum atomic E-state index is 5.96. The summed E-state index contributed by atoms with van der Waals surface area (Å²) in [6.07, 6.45) is 11.2. The number of rotatable bonds is 9. The monoisotopic (exact) mass is 241 g/mol. The molecule has 0 heterocycles. The third-order valence-corrected chi connectivity index (χ3v) is 3.80. The highest BCUT2D eigenvalue weighted by Gasteiger charge is 2.13. The van der Waals surface area contributed by atoms with Crippen molar-refractivity contribution in [1.82, 2.24) is 4.90 Å². The van der Waals surface area contributed by atoms with E-state index >= 15 is 0 Å². The zero-order chi connectivity index (χ0) is 12.3. The van der Waals surface area contributed by atoms with Crippen LogP contribution in [-0.4, -0.2) is 37.2 Å². The van der Waals surface area contributed by atoms with Crippen LogP contribution in [0.4, 0.5) is 0 Å². The normalized spacial score (nSPS) is 17.8. The summed E-state index contributed by atoms with van der Waals surface area (Å²) in [5.41, 5.74) is 0. The molecule has 0 aromatic rings. The van der Waals surface area contributed by atoms with Gasteiger partial charge in [0.15, 0.2) is 0 Å². The van der Waals surface area contributed by atoms with Crippen molar-refractivity contribution in [3.05, 3.63) is 0 Å². The van der Waals surface area contributed by atoms with E-state index in [2.05, 4.69) is 18.7 Å². The molecule has 0 aromatic carbocycles. The third-order valence-electron chi connectivity index (χ3n) is 3.80. The summed E-state index contributed by atoms with van der Waals surface area (Å²) >= 11 is 0. The predicted molar refractivity (Wildman–Crippen MR) is 74.5 cm³/mol. The summed E-state index contributed by atoms with van der Waals surface area (Å²) < 4.78 is 5.96. The molecular weight excluding hydrogens is 210 g/mol. The third kappa shape index (κ3) is 7.05. The van der Waals surface area contributed by atoms with E-state index in [4.69, 9.17) is 4.74 Å². The average molecular weight is 241 g/mol. The average Bonchev–Trinajstić information content (AvgIpc) is 2.39. The van der Waals surface area contributed by atoms with Gasteiger partial charge in [0.2, 0.25) is 0 Å². The fourth-order valence-electron chi connectivity index (χ4n) is 2.58. The van der Waals surface area contributed by atoms with Crippen LogP contribution < -0.4 is 0 Å². The van der Waals surface area contributed by atoms with Crippen molar-refractivity contribution in [3.8, 4) is 0 Å². The van der Waals surface area contributed by atoms with Crippen molar-refractivity contribution in [3.63, 3.8) is 0 Å². The second-order valence-corrected chi connectivity index (χ2v) is 5.27. The summed E-state index contributed by atoms with van der Waals surface area (Å²) in [5.74, 6) is 0. The first-order valence-electron chi connectivity index (χ1n) is 7.70. The highest BCUT2D eigenvalue weighted by Crippen LogP contribution is 2.20. The molecule has 17 heavy (non-hydrogen) atoms. The molecule has 0 bridgehead atoms. The predicted octanol–water partition coefficient (Wildman–Crippen LogP) is 3.85. The van der Waals surface area contributed by atoms with Gasteiger partial charge in [-0.2, -0.15) is 0 Å². The second kappa shape index (κ2) is 9.90. The Balaban J connectivity index is 1.97. The summed E-state index contributed by atoms with van der Waals surface area (Å²) in [4.78, 5) is 2.55. The largest absolute Gasteiger partial charge is 0.378 e. The van der Waals surface area contributed by atoms with E-state index in [1.807, 2.05) is 0 Å². The van der Waals surface area contributed by atoms with Gasteiger partial charge in [0.05, 0.1) is 6.10 Å². The van der Waals surface area contributed by atoms with Crippen LogP contribution in [0.3, 0.4) is 0 Å². The van der Waals surface area contributed by atoms with Crippen LogP contribution in [0.1, 0.15) is 65.2 Å². The van der Waals surface area contributed by atoms with Crippen LogP contribution in [0.2, 0.25) is 0 Å². The quantitative estimate of drug-likeness (QED) is 0.569. The molecule has 1 fully saturated rings. The van der Waals surface area contributed by atoms with Crippen LogP contribution in [0.15, 0.2) is 0 Å². The lowest BCUT2D eigenvalue weighted by Gasteiger charge is -2.23. The number of ether oxygens (including phenoxy) is 1. The maximum absolute atomic E-state index is 5.96. The lowest BCUT2D eigenvalue weighted by atomic mass is 9.98. The van der Waals surface area contributed by atoms with Gasteiger partial charge in [-0.25, -0.2) is 0 Å². The summed E-state index contributed by atoms with van der Waals surface area (Å²) in [6, 6.07) is 0. The van der Waals surface area contributed by atoms with Gasteiger partial charge < -0.3 is 9.64 Å². The van der Waals surface area contributed by atoms with Gasteiger partial charge in [0.25, 0.3) is 0 Å². The van der Waals surface area contributed by atoms with E-state index in [0.717, 1.165) is 6.61 Å². The van der Waals surface area contributed by atoms with Crippen molar-refractivity contribution < 1.29 is 4.74 Å². The number of nitrogens with zero attached hydrogens (tertiary/aromatic N) is 1. The Bertz CT molecular complexity index is 166. The van der Waals surface area contributed by atoms with Gasteiger partial charge in [-0.3, -0.25) is 0 Å². The minimum atomic E-state index is 0.578. The lowest BCUT2D eigenvalue weighted by molar-refractivity contribution is 0.0236. The molecule has 2 heteroatoms. The first-order chi connectivity index (χ1) is 8.36. The van der Waals surface area contributed by atoms with Crippen molar-refractivity contribution >= 4 is 0 Å². The fourth-order valence-corrected chi connectivity index (χ4v) is 2.58. The minimum Gasteiger partial charge on any atom is -0.378 e. The Kier molecular flexibility index (Phi) is 8.72. The molecule has 1 rings (SSSR count). The molecule has 2 nitrogen and oxygen atoms in total. The van der Waals surface area contributed by atoms with Crippen LogP contribution in [0.5, 0.6) is 0 Å². The first kappa shape index (κ1) is 15.0. The van der Waals surface area contributed by atoms with Crippen LogP contribution in [0.25, 0.3) is 0 Å². The van der Waals surface area contributed by atoms with Gasteiger partial charge in [0.1, 0.15) is 0 Å². The topological polar surface area (TPSA) is 12.5 Å². The molecule has 0 N–H and O–H groups in total. The van der Waals surface area contributed by atoms with Crippen LogP contribution >= 0.6 is 0 Å². The minimum absolute atomic E-state index is 0.578. The standard InChI is InChI=1S/C15H31NO/c1-3-5-12-16(4-2)13-9-14-17-15-10-7-6-8-11-15/h15H,3-14H2,1-2H3. The highest BCUT2D eigenvalue weighted by molar-refractivity contribution is 4.65. The zero-order valence-electron chi connectivity index (χ0n) is 11.9. The van der Waals surface area contributed by atoms with Crippen molar-refractivity contribution in [2.75, 3.05) is 26.2 Å². The number of hydrogen-bond acceptors (Lipinski definition) is 2. The Morgan fingerprint density at radius 2 is 1.71 bits per heavy atom. The number of unbranched alkanes of at least 4 members (excludes halogenated alkanes) is 1. The van der Waals surface area contributed by atoms with E-state index in [9.17, 15) is 0 Å². The molecule has 0 aromatic heterocycles. The molecule has 0 amide bonds. The second-order valence-electron chi connectivity index (χ2n) is 5.27. The molecule has 1 aliphatic rings. The molecule has 0 unspecified atom stereocenters. The first-order valence-corrected chi connectivity index (χ1v) is 7.70. The molecule has 0 aliphatic heterocycles. The van der Waals surface area contributed by atoms with E-state index in [1.165, 1.54) is 71.0 Å². The van der Waals surface area contributed by atoms with Crippen LogP contribution in [0, 0.1) is 0 Å². The zero-order valence-corrected chi connectivity index (χ0v) is 11.9. The highest BCUT2D eigenvalue weighted by atomic mass is 16.5. The van der Waals surface area contributed by atoms with E-state index in [0.29, 0.717) is 6.10 Å². The Labute approximate surface area is 108 Å². The summed E-state index contributed by atoms with van der Waals surface area (Å²) in [6.45, 7) is 9.15. The fraction of sp³-hybridized carbons (Fsp3) is 1.00. The molecular formula is C15H31NO. The molecule has 0 spiro atoms. The smallest absolute Gasteiger partial charge is 0.0575 e. The van der Waals surface area contributed by atoms with Gasteiger partial charge in [0, 0.05) is 13.2 Å². The van der Waals surface area contributed by atoms with E-state index in [1.54, 1.807) is 0 Å². The van der Waals surface area contributed by atoms with Gasteiger partial charge in [-0.1, -0.05) is 39.5 Å². The molecule has 1 aliphatic carbocycles. The van der Waals surface area contributed by atoms with E-state index < -0.39 is 0 Å². The van der Waals surface area contributed by atoms with Gasteiger partial charge >= 0.3 is 0 Å². The number of hydrogen-bond donors (Lipinski definition) is 0. The van der Waals surface area contributed by atoms with Crippen molar-refractivity contribution in [2.24, 2.45) is 0 Å². The molecule has 0 radical (unpaired) electrons. The molecule has 0 saturated heterocycles. The van der Waals surface area contributed by atoms with Gasteiger partial charge in [-0.05, 0) is 38.8 Å². The maximum Gasteiger partial charge on any atom is 0.0575 e. The Morgan fingerprint density at radius 3 is 2.35 bits per heavy atom. The van der Waals surface area contributed by atoms with Crippen LogP contribution in [-0.2, 0) is 4.74 Å². The Morgan fingerprint density at radius 1 is 1.00 bits per heavy atom. The van der Waals surface area contributed by atoms with Crippen molar-refractivity contribution in [1.29, 1.82) is 0 Å². The molecule has 0 atom stereocenters. The van der Waals surface area contributed by atoms with Gasteiger partial charge in [-0.15, -0.1) is 0 Å². The molecule has 102 valence electrons. The Hall–Kier alpha value is -0.0800. The summed E-state index contributed by atoms with van der Waals surface area (Å²) in [5, 5.41) is 0.